The molecule has 0 bridgehead atoms. The van der Waals surface area contributed by atoms with E-state index in [2.05, 4.69) is 10.3 Å². The molecule has 7 heteroatoms. The number of carbonyl (C=O) groups excluding carboxylic acids is 2. The fourth-order valence-electron chi connectivity index (χ4n) is 2.14. The van der Waals surface area contributed by atoms with Crippen LogP contribution in [0.3, 0.4) is 0 Å². The highest BCUT2D eigenvalue weighted by Gasteiger charge is 2.54. The highest BCUT2D eigenvalue weighted by molar-refractivity contribution is 7.15. The largest absolute Gasteiger partial charge is 0.467 e. The van der Waals surface area contributed by atoms with Crippen LogP contribution in [0.2, 0.25) is 0 Å². The van der Waals surface area contributed by atoms with E-state index in [1.54, 1.807) is 27.2 Å². The molecule has 1 heterocycles. The summed E-state index contributed by atoms with van der Waals surface area (Å²) in [5.74, 6) is -0.446. The van der Waals surface area contributed by atoms with Crippen molar-refractivity contribution in [3.8, 4) is 0 Å². The van der Waals surface area contributed by atoms with E-state index in [0.29, 0.717) is 0 Å². The molecule has 1 aromatic rings. The van der Waals surface area contributed by atoms with Crippen molar-refractivity contribution in [3.63, 3.8) is 0 Å². The lowest BCUT2D eigenvalue weighted by Crippen LogP contribution is -2.45. The summed E-state index contributed by atoms with van der Waals surface area (Å²) in [7, 11) is 4.77. The van der Waals surface area contributed by atoms with E-state index in [1.165, 1.54) is 23.3 Å². The summed E-state index contributed by atoms with van der Waals surface area (Å²) in [5, 5.41) is 3.77. The lowest BCUT2D eigenvalue weighted by Gasteiger charge is -2.26. The van der Waals surface area contributed by atoms with E-state index in [-0.39, 0.29) is 5.91 Å². The van der Waals surface area contributed by atoms with E-state index in [4.69, 9.17) is 4.74 Å². The Kier molecular flexibility index (Phi) is 3.99. The van der Waals surface area contributed by atoms with Gasteiger partial charge in [-0.25, -0.2) is 9.78 Å². The summed E-state index contributed by atoms with van der Waals surface area (Å²) in [6, 6.07) is -0.582. The van der Waals surface area contributed by atoms with Crippen LogP contribution in [0.5, 0.6) is 0 Å². The number of amides is 1. The molecule has 1 fully saturated rings. The van der Waals surface area contributed by atoms with E-state index in [0.717, 1.165) is 22.9 Å². The molecule has 0 radical (unpaired) electrons. The van der Waals surface area contributed by atoms with Crippen LogP contribution in [0.15, 0.2) is 6.20 Å². The zero-order chi connectivity index (χ0) is 14.9. The molecule has 0 aliphatic heterocycles. The molecule has 1 amide bonds. The van der Waals surface area contributed by atoms with Crippen molar-refractivity contribution in [2.75, 3.05) is 26.5 Å². The monoisotopic (exact) mass is 297 g/mol. The fourth-order valence-corrected chi connectivity index (χ4v) is 3.15. The number of thiazole rings is 1. The van der Waals surface area contributed by atoms with Gasteiger partial charge in [0.25, 0.3) is 0 Å². The van der Waals surface area contributed by atoms with Crippen molar-refractivity contribution in [2.24, 2.45) is 0 Å². The zero-order valence-corrected chi connectivity index (χ0v) is 12.9. The Bertz CT molecular complexity index is 525. The number of nitrogens with zero attached hydrogens (tertiary/aromatic N) is 2. The van der Waals surface area contributed by atoms with Gasteiger partial charge >= 0.3 is 5.97 Å². The standard InChI is InChI=1S/C13H19N3O3S/c1-8(10(17)19-4)16(3)11(18)13(5-6-13)9-7-15-12(14-2)20-9/h7-8H,5-6H2,1-4H3,(H,14,15)/t8-/m1/s1. The fraction of sp³-hybridized carbons (Fsp3) is 0.615. The first kappa shape index (κ1) is 14.8. The summed E-state index contributed by atoms with van der Waals surface area (Å²) in [6.07, 6.45) is 3.35. The maximum atomic E-state index is 12.7. The van der Waals surface area contributed by atoms with Crippen LogP contribution in [0, 0.1) is 0 Å². The number of anilines is 1. The number of ether oxygens (including phenoxy) is 1. The number of hydrogen-bond acceptors (Lipinski definition) is 6. The number of carbonyl (C=O) groups is 2. The molecular formula is C13H19N3O3S. The summed E-state index contributed by atoms with van der Waals surface area (Å²) >= 11 is 1.49. The van der Waals surface area contributed by atoms with E-state index < -0.39 is 17.4 Å². The highest BCUT2D eigenvalue weighted by Crippen LogP contribution is 2.52. The number of rotatable bonds is 5. The normalized spacial score (nSPS) is 17.2. The lowest BCUT2D eigenvalue weighted by molar-refractivity contribution is -0.151. The molecule has 1 aliphatic rings. The Labute approximate surface area is 122 Å². The summed E-state index contributed by atoms with van der Waals surface area (Å²) in [5.41, 5.74) is -0.496. The van der Waals surface area contributed by atoms with Crippen molar-refractivity contribution in [1.29, 1.82) is 0 Å². The van der Waals surface area contributed by atoms with Crippen molar-refractivity contribution in [2.45, 2.75) is 31.2 Å². The minimum Gasteiger partial charge on any atom is -0.467 e. The zero-order valence-electron chi connectivity index (χ0n) is 12.1. The van der Waals surface area contributed by atoms with Gasteiger partial charge in [-0.2, -0.15) is 0 Å². The third kappa shape index (κ3) is 2.37. The van der Waals surface area contributed by atoms with Gasteiger partial charge < -0.3 is 15.0 Å². The molecule has 0 spiro atoms. The number of hydrogen-bond donors (Lipinski definition) is 1. The van der Waals surface area contributed by atoms with Gasteiger partial charge in [0.05, 0.1) is 12.5 Å². The van der Waals surface area contributed by atoms with Crippen LogP contribution in [-0.4, -0.2) is 49.0 Å². The summed E-state index contributed by atoms with van der Waals surface area (Å²) in [4.78, 5) is 30.9. The second-order valence-electron chi connectivity index (χ2n) is 4.98. The van der Waals surface area contributed by atoms with Crippen LogP contribution in [-0.2, 0) is 19.7 Å². The summed E-state index contributed by atoms with van der Waals surface area (Å²) < 4.78 is 4.69. The van der Waals surface area contributed by atoms with Gasteiger partial charge in [-0.3, -0.25) is 4.79 Å². The molecule has 0 unspecified atom stereocenters. The molecule has 1 atom stereocenters. The third-order valence-electron chi connectivity index (χ3n) is 3.79. The molecule has 110 valence electrons. The Morgan fingerprint density at radius 2 is 2.20 bits per heavy atom. The molecule has 1 saturated carbocycles. The van der Waals surface area contributed by atoms with E-state index in [9.17, 15) is 9.59 Å². The second kappa shape index (κ2) is 5.40. The smallest absolute Gasteiger partial charge is 0.328 e. The van der Waals surface area contributed by atoms with Crippen LogP contribution in [0.25, 0.3) is 0 Å². The van der Waals surface area contributed by atoms with E-state index in [1.807, 2.05) is 0 Å². The molecule has 0 saturated heterocycles. The first-order valence-electron chi connectivity index (χ1n) is 6.45. The van der Waals surface area contributed by atoms with Crippen molar-refractivity contribution >= 4 is 28.3 Å². The van der Waals surface area contributed by atoms with Gasteiger partial charge in [-0.05, 0) is 19.8 Å². The average molecular weight is 297 g/mol. The number of aromatic nitrogens is 1. The number of nitrogens with one attached hydrogen (secondary N) is 1. The molecule has 2 rings (SSSR count). The van der Waals surface area contributed by atoms with Crippen LogP contribution < -0.4 is 5.32 Å². The lowest BCUT2D eigenvalue weighted by atomic mass is 10.0. The Hall–Kier alpha value is -1.63. The predicted octanol–water partition coefficient (Wildman–Crippen LogP) is 1.24. The van der Waals surface area contributed by atoms with E-state index >= 15 is 0 Å². The first-order chi connectivity index (χ1) is 9.46. The van der Waals surface area contributed by atoms with Gasteiger partial charge in [0.15, 0.2) is 5.13 Å². The highest BCUT2D eigenvalue weighted by atomic mass is 32.1. The SMILES string of the molecule is CNc1ncc(C2(C(=O)N(C)[C@H](C)C(=O)OC)CC2)s1. The molecule has 1 aromatic heterocycles. The average Bonchev–Trinajstić information content (AvgIpc) is 3.14. The van der Waals surface area contributed by atoms with Crippen molar-refractivity contribution < 1.29 is 14.3 Å². The molecule has 0 aromatic carbocycles. The first-order valence-corrected chi connectivity index (χ1v) is 7.27. The Balaban J connectivity index is 2.17. The second-order valence-corrected chi connectivity index (χ2v) is 6.01. The Morgan fingerprint density at radius 3 is 2.65 bits per heavy atom. The van der Waals surface area contributed by atoms with Crippen LogP contribution in [0.4, 0.5) is 5.13 Å². The molecular weight excluding hydrogens is 278 g/mol. The number of methoxy groups -OCH3 is 1. The van der Waals surface area contributed by atoms with Gasteiger partial charge in [0.1, 0.15) is 6.04 Å². The van der Waals surface area contributed by atoms with Crippen molar-refractivity contribution in [1.82, 2.24) is 9.88 Å². The number of likely N-dealkylation sites (N-methyl/N-ethyl adjacent to an activating group) is 1. The molecule has 1 aliphatic carbocycles. The van der Waals surface area contributed by atoms with Crippen molar-refractivity contribution in [3.05, 3.63) is 11.1 Å². The molecule has 1 N–H and O–H groups in total. The molecule has 20 heavy (non-hydrogen) atoms. The maximum Gasteiger partial charge on any atom is 0.328 e. The summed E-state index contributed by atoms with van der Waals surface area (Å²) in [6.45, 7) is 1.67. The maximum absolute atomic E-state index is 12.7. The minimum atomic E-state index is -0.582. The van der Waals surface area contributed by atoms with Crippen LogP contribution in [0.1, 0.15) is 24.6 Å². The minimum absolute atomic E-state index is 0.0401. The predicted molar refractivity (Wildman–Crippen MR) is 76.8 cm³/mol. The van der Waals surface area contributed by atoms with Crippen LogP contribution >= 0.6 is 11.3 Å². The van der Waals surface area contributed by atoms with Gasteiger partial charge in [0, 0.05) is 25.2 Å². The topological polar surface area (TPSA) is 71.5 Å². The number of esters is 1. The molecule has 6 nitrogen and oxygen atoms in total. The van der Waals surface area contributed by atoms with Gasteiger partial charge in [-0.15, -0.1) is 11.3 Å². The third-order valence-corrected chi connectivity index (χ3v) is 5.01. The quantitative estimate of drug-likeness (QED) is 0.828. The van der Waals surface area contributed by atoms with Gasteiger partial charge in [0.2, 0.25) is 5.91 Å². The van der Waals surface area contributed by atoms with Gasteiger partial charge in [-0.1, -0.05) is 0 Å². The Morgan fingerprint density at radius 1 is 1.55 bits per heavy atom.